The number of aliphatic hydroxyl groups excluding tert-OH is 1. The minimum atomic E-state index is -0.136. The average molecular weight is 219 g/mol. The van der Waals surface area contributed by atoms with E-state index in [-0.39, 0.29) is 6.10 Å². The number of hydrogen-bond donors (Lipinski definition) is 2. The lowest BCUT2D eigenvalue weighted by molar-refractivity contribution is 0.148. The van der Waals surface area contributed by atoms with Gasteiger partial charge in [-0.1, -0.05) is 37.3 Å². The van der Waals surface area contributed by atoms with E-state index in [1.807, 2.05) is 6.07 Å². The second kappa shape index (κ2) is 5.46. The molecule has 88 valence electrons. The van der Waals surface area contributed by atoms with Crippen molar-refractivity contribution in [1.82, 2.24) is 5.32 Å². The van der Waals surface area contributed by atoms with Gasteiger partial charge in [0.2, 0.25) is 0 Å². The van der Waals surface area contributed by atoms with E-state index in [9.17, 15) is 5.11 Å². The molecule has 1 aliphatic carbocycles. The molecule has 0 saturated heterocycles. The van der Waals surface area contributed by atoms with Gasteiger partial charge in [0.25, 0.3) is 0 Å². The van der Waals surface area contributed by atoms with Gasteiger partial charge >= 0.3 is 0 Å². The Labute approximate surface area is 97.7 Å². The first-order valence-electron chi connectivity index (χ1n) is 6.24. The number of nitrogens with one attached hydrogen (secondary N) is 1. The Morgan fingerprint density at radius 2 is 2.06 bits per heavy atom. The van der Waals surface area contributed by atoms with Gasteiger partial charge in [-0.15, -0.1) is 0 Å². The van der Waals surface area contributed by atoms with Crippen molar-refractivity contribution in [2.75, 3.05) is 6.54 Å². The van der Waals surface area contributed by atoms with Crippen molar-refractivity contribution in [3.05, 3.63) is 35.9 Å². The Hall–Kier alpha value is -0.860. The lowest BCUT2D eigenvalue weighted by Crippen LogP contribution is -2.37. The van der Waals surface area contributed by atoms with Crippen LogP contribution in [0, 0.1) is 0 Å². The third kappa shape index (κ3) is 2.83. The third-order valence-electron chi connectivity index (χ3n) is 3.53. The lowest BCUT2D eigenvalue weighted by atomic mass is 10.0. The van der Waals surface area contributed by atoms with Gasteiger partial charge in [0.05, 0.1) is 6.10 Å². The van der Waals surface area contributed by atoms with Crippen molar-refractivity contribution in [3.63, 3.8) is 0 Å². The van der Waals surface area contributed by atoms with Gasteiger partial charge in [0.1, 0.15) is 0 Å². The summed E-state index contributed by atoms with van der Waals surface area (Å²) >= 11 is 0. The molecular formula is C14H21NO. The predicted molar refractivity (Wildman–Crippen MR) is 66.5 cm³/mol. The summed E-state index contributed by atoms with van der Waals surface area (Å²) in [5, 5.41) is 13.2. The van der Waals surface area contributed by atoms with Crippen LogP contribution in [0.1, 0.15) is 37.7 Å². The SMILES string of the molecule is CC(CN[C@@H]1CCC[C@H]1O)c1ccccc1. The highest BCUT2D eigenvalue weighted by Gasteiger charge is 2.24. The largest absolute Gasteiger partial charge is 0.392 e. The predicted octanol–water partition coefficient (Wildman–Crippen LogP) is 2.29. The fourth-order valence-corrected chi connectivity index (χ4v) is 2.41. The Kier molecular flexibility index (Phi) is 3.97. The van der Waals surface area contributed by atoms with E-state index in [1.165, 1.54) is 5.56 Å². The van der Waals surface area contributed by atoms with Crippen LogP contribution in [0.5, 0.6) is 0 Å². The third-order valence-corrected chi connectivity index (χ3v) is 3.53. The normalized spacial score (nSPS) is 26.9. The molecular weight excluding hydrogens is 198 g/mol. The van der Waals surface area contributed by atoms with Gasteiger partial charge in [-0.05, 0) is 30.7 Å². The van der Waals surface area contributed by atoms with Gasteiger partial charge < -0.3 is 10.4 Å². The summed E-state index contributed by atoms with van der Waals surface area (Å²) in [6.45, 7) is 3.18. The molecule has 2 nitrogen and oxygen atoms in total. The summed E-state index contributed by atoms with van der Waals surface area (Å²) in [5.41, 5.74) is 1.36. The monoisotopic (exact) mass is 219 g/mol. The smallest absolute Gasteiger partial charge is 0.0693 e. The molecule has 3 atom stereocenters. The molecule has 16 heavy (non-hydrogen) atoms. The Balaban J connectivity index is 1.82. The van der Waals surface area contributed by atoms with Crippen molar-refractivity contribution in [1.29, 1.82) is 0 Å². The topological polar surface area (TPSA) is 32.3 Å². The number of rotatable bonds is 4. The molecule has 2 rings (SSSR count). The molecule has 1 fully saturated rings. The van der Waals surface area contributed by atoms with Gasteiger partial charge in [0.15, 0.2) is 0 Å². The maximum atomic E-state index is 9.71. The van der Waals surface area contributed by atoms with Crippen LogP contribution in [-0.4, -0.2) is 23.8 Å². The van der Waals surface area contributed by atoms with Crippen LogP contribution in [0.4, 0.5) is 0 Å². The Morgan fingerprint density at radius 3 is 2.69 bits per heavy atom. The molecule has 2 N–H and O–H groups in total. The first kappa shape index (κ1) is 11.6. The van der Waals surface area contributed by atoms with Gasteiger partial charge in [-0.25, -0.2) is 0 Å². The Bertz CT molecular complexity index is 312. The molecule has 1 unspecified atom stereocenters. The summed E-state index contributed by atoms with van der Waals surface area (Å²) in [4.78, 5) is 0. The van der Waals surface area contributed by atoms with E-state index in [1.54, 1.807) is 0 Å². The number of benzene rings is 1. The minimum Gasteiger partial charge on any atom is -0.392 e. The van der Waals surface area contributed by atoms with Gasteiger partial charge in [-0.2, -0.15) is 0 Å². The molecule has 0 aliphatic heterocycles. The summed E-state index contributed by atoms with van der Waals surface area (Å²) in [7, 11) is 0. The standard InChI is InChI=1S/C14H21NO/c1-11(12-6-3-2-4-7-12)10-15-13-8-5-9-14(13)16/h2-4,6-7,11,13-16H,5,8-10H2,1H3/t11?,13-,14-/m1/s1. The molecule has 1 aromatic carbocycles. The Morgan fingerprint density at radius 1 is 1.31 bits per heavy atom. The molecule has 0 spiro atoms. The second-order valence-corrected chi connectivity index (χ2v) is 4.82. The number of aliphatic hydroxyl groups is 1. The first-order chi connectivity index (χ1) is 7.77. The zero-order valence-electron chi connectivity index (χ0n) is 9.89. The van der Waals surface area contributed by atoms with Gasteiger partial charge in [0, 0.05) is 12.6 Å². The van der Waals surface area contributed by atoms with Crippen molar-refractivity contribution in [2.45, 2.75) is 44.2 Å². The maximum Gasteiger partial charge on any atom is 0.0693 e. The van der Waals surface area contributed by atoms with Crippen LogP contribution < -0.4 is 5.32 Å². The van der Waals surface area contributed by atoms with Crippen LogP contribution in [0.2, 0.25) is 0 Å². The highest BCUT2D eigenvalue weighted by Crippen LogP contribution is 2.20. The van der Waals surface area contributed by atoms with Crippen LogP contribution in [0.3, 0.4) is 0 Å². The fraction of sp³-hybridized carbons (Fsp3) is 0.571. The summed E-state index contributed by atoms with van der Waals surface area (Å²) in [5.74, 6) is 0.508. The molecule has 2 heteroatoms. The molecule has 0 amide bonds. The maximum absolute atomic E-state index is 9.71. The molecule has 0 radical (unpaired) electrons. The van der Waals surface area contributed by atoms with Crippen LogP contribution in [0.15, 0.2) is 30.3 Å². The van der Waals surface area contributed by atoms with E-state index in [0.717, 1.165) is 25.8 Å². The van der Waals surface area contributed by atoms with Crippen LogP contribution in [0.25, 0.3) is 0 Å². The average Bonchev–Trinajstić information content (AvgIpc) is 2.73. The van der Waals surface area contributed by atoms with E-state index in [4.69, 9.17) is 0 Å². The van der Waals surface area contributed by atoms with Crippen molar-refractivity contribution < 1.29 is 5.11 Å². The summed E-state index contributed by atoms with van der Waals surface area (Å²) in [6.07, 6.45) is 3.08. The van der Waals surface area contributed by atoms with E-state index in [0.29, 0.717) is 12.0 Å². The van der Waals surface area contributed by atoms with E-state index in [2.05, 4.69) is 36.5 Å². The van der Waals surface area contributed by atoms with Crippen molar-refractivity contribution in [2.24, 2.45) is 0 Å². The van der Waals surface area contributed by atoms with Crippen LogP contribution in [-0.2, 0) is 0 Å². The molecule has 0 aromatic heterocycles. The van der Waals surface area contributed by atoms with Crippen molar-refractivity contribution in [3.8, 4) is 0 Å². The summed E-state index contributed by atoms with van der Waals surface area (Å²) in [6, 6.07) is 10.8. The molecule has 0 heterocycles. The zero-order chi connectivity index (χ0) is 11.4. The quantitative estimate of drug-likeness (QED) is 0.814. The fourth-order valence-electron chi connectivity index (χ4n) is 2.41. The highest BCUT2D eigenvalue weighted by atomic mass is 16.3. The number of hydrogen-bond acceptors (Lipinski definition) is 2. The molecule has 0 bridgehead atoms. The minimum absolute atomic E-state index is 0.136. The van der Waals surface area contributed by atoms with Crippen molar-refractivity contribution >= 4 is 0 Å². The second-order valence-electron chi connectivity index (χ2n) is 4.82. The summed E-state index contributed by atoms with van der Waals surface area (Å²) < 4.78 is 0. The van der Waals surface area contributed by atoms with E-state index >= 15 is 0 Å². The molecule has 1 aliphatic rings. The van der Waals surface area contributed by atoms with Crippen LogP contribution >= 0.6 is 0 Å². The zero-order valence-corrected chi connectivity index (χ0v) is 9.89. The first-order valence-corrected chi connectivity index (χ1v) is 6.24. The van der Waals surface area contributed by atoms with E-state index < -0.39 is 0 Å². The lowest BCUT2D eigenvalue weighted by Gasteiger charge is -2.19. The van der Waals surface area contributed by atoms with Gasteiger partial charge in [-0.3, -0.25) is 0 Å². The molecule has 1 aromatic rings. The molecule has 1 saturated carbocycles. The highest BCUT2D eigenvalue weighted by molar-refractivity contribution is 5.19.